The van der Waals surface area contributed by atoms with Crippen molar-refractivity contribution in [2.24, 2.45) is 11.7 Å². The van der Waals surface area contributed by atoms with Crippen LogP contribution in [-0.2, 0) is 6.54 Å². The van der Waals surface area contributed by atoms with Gasteiger partial charge in [0.25, 0.3) is 0 Å². The molecule has 1 aromatic carbocycles. The van der Waals surface area contributed by atoms with E-state index in [2.05, 4.69) is 17.4 Å². The van der Waals surface area contributed by atoms with Crippen LogP contribution in [0.15, 0.2) is 24.3 Å². The maximum atomic E-state index is 5.91. The Labute approximate surface area is 110 Å². The van der Waals surface area contributed by atoms with Crippen molar-refractivity contribution in [1.29, 1.82) is 0 Å². The van der Waals surface area contributed by atoms with Gasteiger partial charge in [-0.3, -0.25) is 0 Å². The number of nitrogens with two attached hydrogens (primary N) is 1. The van der Waals surface area contributed by atoms with Crippen LogP contribution in [0, 0.1) is 5.92 Å². The maximum absolute atomic E-state index is 5.91. The van der Waals surface area contributed by atoms with Crippen molar-refractivity contribution in [2.75, 3.05) is 13.7 Å². The molecule has 3 heteroatoms. The lowest BCUT2D eigenvalue weighted by atomic mass is 9.86. The summed E-state index contributed by atoms with van der Waals surface area (Å²) in [4.78, 5) is 0. The minimum atomic E-state index is 0.447. The van der Waals surface area contributed by atoms with Crippen LogP contribution in [-0.4, -0.2) is 19.7 Å². The molecule has 0 atom stereocenters. The molecule has 2 rings (SSSR count). The van der Waals surface area contributed by atoms with Crippen LogP contribution in [0.25, 0.3) is 0 Å². The summed E-state index contributed by atoms with van der Waals surface area (Å²) in [6, 6.07) is 8.70. The third kappa shape index (κ3) is 4.00. The molecule has 0 aromatic heterocycles. The largest absolute Gasteiger partial charge is 0.497 e. The molecule has 0 aliphatic heterocycles. The van der Waals surface area contributed by atoms with Gasteiger partial charge < -0.3 is 15.8 Å². The van der Waals surface area contributed by atoms with Crippen LogP contribution in [0.3, 0.4) is 0 Å². The number of hydrogen-bond donors (Lipinski definition) is 2. The Morgan fingerprint density at radius 1 is 1.17 bits per heavy atom. The molecule has 1 aromatic rings. The normalized spacial score (nSPS) is 23.9. The highest BCUT2D eigenvalue weighted by atomic mass is 16.5. The number of ether oxygens (including phenoxy) is 1. The fourth-order valence-electron chi connectivity index (χ4n) is 2.56. The van der Waals surface area contributed by atoms with Gasteiger partial charge >= 0.3 is 0 Å². The third-order valence-corrected chi connectivity index (χ3v) is 3.81. The van der Waals surface area contributed by atoms with Gasteiger partial charge in [0.15, 0.2) is 0 Å². The number of methoxy groups -OCH3 is 1. The summed E-state index contributed by atoms with van der Waals surface area (Å²) in [6.45, 7) is 2.05. The van der Waals surface area contributed by atoms with Crippen LogP contribution < -0.4 is 15.8 Å². The fraction of sp³-hybridized carbons (Fsp3) is 0.600. The van der Waals surface area contributed by atoms with E-state index in [0.717, 1.165) is 24.8 Å². The molecule has 0 heterocycles. The molecule has 0 amide bonds. The van der Waals surface area contributed by atoms with Gasteiger partial charge in [0.2, 0.25) is 0 Å². The molecule has 0 saturated heterocycles. The Bertz CT molecular complexity index is 342. The lowest BCUT2D eigenvalue weighted by Crippen LogP contribution is -2.31. The van der Waals surface area contributed by atoms with Gasteiger partial charge in [0, 0.05) is 12.6 Å². The highest BCUT2D eigenvalue weighted by Gasteiger charge is 2.17. The molecule has 0 bridgehead atoms. The second-order valence-electron chi connectivity index (χ2n) is 5.26. The molecule has 1 saturated carbocycles. The van der Waals surface area contributed by atoms with E-state index in [4.69, 9.17) is 10.5 Å². The van der Waals surface area contributed by atoms with Crippen molar-refractivity contribution in [3.05, 3.63) is 29.8 Å². The molecule has 1 aliphatic rings. The molecule has 0 spiro atoms. The molecule has 18 heavy (non-hydrogen) atoms. The Kier molecular flexibility index (Phi) is 5.02. The Balaban J connectivity index is 1.68. The van der Waals surface area contributed by atoms with Gasteiger partial charge in [0.05, 0.1) is 7.11 Å². The van der Waals surface area contributed by atoms with Crippen molar-refractivity contribution in [3.8, 4) is 5.75 Å². The van der Waals surface area contributed by atoms with E-state index in [1.165, 1.54) is 31.2 Å². The van der Waals surface area contributed by atoms with Crippen molar-refractivity contribution in [2.45, 2.75) is 38.3 Å². The first-order valence-electron chi connectivity index (χ1n) is 6.87. The molecule has 3 N–H and O–H groups in total. The van der Waals surface area contributed by atoms with Crippen LogP contribution in [0.4, 0.5) is 0 Å². The maximum Gasteiger partial charge on any atom is 0.118 e. The standard InChI is InChI=1S/C15H24N2O/c1-18-15-8-4-13(5-9-15)11-17-10-12-2-6-14(16)7-3-12/h4-5,8-9,12,14,17H,2-3,6-7,10-11,16H2,1H3. The molecule has 0 radical (unpaired) electrons. The van der Waals surface area contributed by atoms with E-state index >= 15 is 0 Å². The summed E-state index contributed by atoms with van der Waals surface area (Å²) in [5.41, 5.74) is 7.22. The highest BCUT2D eigenvalue weighted by molar-refractivity contribution is 5.26. The van der Waals surface area contributed by atoms with Crippen LogP contribution in [0.5, 0.6) is 5.75 Å². The van der Waals surface area contributed by atoms with Crippen molar-refractivity contribution < 1.29 is 4.74 Å². The van der Waals surface area contributed by atoms with E-state index < -0.39 is 0 Å². The van der Waals surface area contributed by atoms with Crippen molar-refractivity contribution in [1.82, 2.24) is 5.32 Å². The van der Waals surface area contributed by atoms with Gasteiger partial charge in [0.1, 0.15) is 5.75 Å². The molecular formula is C15H24N2O. The quantitative estimate of drug-likeness (QED) is 0.840. The first kappa shape index (κ1) is 13.4. The first-order valence-corrected chi connectivity index (χ1v) is 6.87. The molecule has 1 aliphatic carbocycles. The van der Waals surface area contributed by atoms with Gasteiger partial charge in [-0.1, -0.05) is 12.1 Å². The third-order valence-electron chi connectivity index (χ3n) is 3.81. The van der Waals surface area contributed by atoms with E-state index in [1.54, 1.807) is 7.11 Å². The van der Waals surface area contributed by atoms with Gasteiger partial charge in [-0.2, -0.15) is 0 Å². The summed E-state index contributed by atoms with van der Waals surface area (Å²) < 4.78 is 5.15. The lowest BCUT2D eigenvalue weighted by Gasteiger charge is -2.26. The minimum absolute atomic E-state index is 0.447. The summed E-state index contributed by atoms with van der Waals surface area (Å²) >= 11 is 0. The van der Waals surface area contributed by atoms with Gasteiger partial charge in [-0.25, -0.2) is 0 Å². The lowest BCUT2D eigenvalue weighted by molar-refractivity contribution is 0.314. The van der Waals surface area contributed by atoms with E-state index in [1.807, 2.05) is 12.1 Å². The average molecular weight is 248 g/mol. The second-order valence-corrected chi connectivity index (χ2v) is 5.26. The fourth-order valence-corrected chi connectivity index (χ4v) is 2.56. The Morgan fingerprint density at radius 3 is 2.44 bits per heavy atom. The zero-order valence-corrected chi connectivity index (χ0v) is 11.2. The number of benzene rings is 1. The number of rotatable bonds is 5. The van der Waals surface area contributed by atoms with Crippen LogP contribution >= 0.6 is 0 Å². The van der Waals surface area contributed by atoms with Gasteiger partial charge in [-0.15, -0.1) is 0 Å². The zero-order valence-electron chi connectivity index (χ0n) is 11.2. The molecule has 1 fully saturated rings. The van der Waals surface area contributed by atoms with Crippen LogP contribution in [0.1, 0.15) is 31.2 Å². The zero-order chi connectivity index (χ0) is 12.8. The molecule has 0 unspecified atom stereocenters. The second kappa shape index (κ2) is 6.76. The summed E-state index contributed by atoms with van der Waals surface area (Å²) in [6.07, 6.45) is 4.93. The van der Waals surface area contributed by atoms with Gasteiger partial charge in [-0.05, 0) is 55.8 Å². The predicted octanol–water partition coefficient (Wildman–Crippen LogP) is 2.30. The van der Waals surface area contributed by atoms with E-state index in [0.29, 0.717) is 6.04 Å². The summed E-state index contributed by atoms with van der Waals surface area (Å²) in [5.74, 6) is 1.73. The SMILES string of the molecule is COc1ccc(CNCC2CCC(N)CC2)cc1. The molecule has 3 nitrogen and oxygen atoms in total. The predicted molar refractivity (Wildman–Crippen MR) is 74.6 cm³/mol. The number of hydrogen-bond acceptors (Lipinski definition) is 3. The van der Waals surface area contributed by atoms with E-state index in [9.17, 15) is 0 Å². The highest BCUT2D eigenvalue weighted by Crippen LogP contribution is 2.22. The summed E-state index contributed by atoms with van der Waals surface area (Å²) in [5, 5.41) is 3.54. The molecular weight excluding hydrogens is 224 g/mol. The summed E-state index contributed by atoms with van der Waals surface area (Å²) in [7, 11) is 1.70. The Hall–Kier alpha value is -1.06. The molecule has 100 valence electrons. The Morgan fingerprint density at radius 2 is 1.83 bits per heavy atom. The number of nitrogens with one attached hydrogen (secondary N) is 1. The van der Waals surface area contributed by atoms with E-state index in [-0.39, 0.29) is 0 Å². The van der Waals surface area contributed by atoms with Crippen molar-refractivity contribution >= 4 is 0 Å². The first-order chi connectivity index (χ1) is 8.78. The van der Waals surface area contributed by atoms with Crippen LogP contribution in [0.2, 0.25) is 0 Å². The minimum Gasteiger partial charge on any atom is -0.497 e. The average Bonchev–Trinajstić information content (AvgIpc) is 2.42. The van der Waals surface area contributed by atoms with Crippen molar-refractivity contribution in [3.63, 3.8) is 0 Å². The topological polar surface area (TPSA) is 47.3 Å². The smallest absolute Gasteiger partial charge is 0.118 e. The monoisotopic (exact) mass is 248 g/mol.